The number of carbonyl (C=O) groups is 1. The largest absolute Gasteiger partial charge is 0.495 e. The van der Waals surface area contributed by atoms with Crippen molar-refractivity contribution in [2.45, 2.75) is 13.8 Å². The Kier molecular flexibility index (Phi) is 8.18. The third-order valence-electron chi connectivity index (χ3n) is 5.97. The number of benzene rings is 2. The first kappa shape index (κ1) is 25.5. The summed E-state index contributed by atoms with van der Waals surface area (Å²) in [6, 6.07) is 13.5. The topological polar surface area (TPSA) is 95.2 Å². The molecule has 0 radical (unpaired) electrons. The van der Waals surface area contributed by atoms with Gasteiger partial charge >= 0.3 is 0 Å². The Bertz CT molecular complexity index is 1480. The van der Waals surface area contributed by atoms with E-state index in [-0.39, 0.29) is 5.91 Å². The van der Waals surface area contributed by atoms with Crippen LogP contribution < -0.4 is 15.4 Å². The summed E-state index contributed by atoms with van der Waals surface area (Å²) in [6.07, 6.45) is 4.86. The first-order chi connectivity index (χ1) is 18.1. The van der Waals surface area contributed by atoms with E-state index in [4.69, 9.17) is 9.72 Å². The Labute approximate surface area is 216 Å². The molecule has 0 fully saturated rings. The molecule has 0 aliphatic carbocycles. The van der Waals surface area contributed by atoms with E-state index >= 15 is 0 Å². The molecule has 0 aliphatic rings. The minimum atomic E-state index is -0.333. The van der Waals surface area contributed by atoms with E-state index in [0.717, 1.165) is 35.2 Å². The number of rotatable bonds is 9. The van der Waals surface area contributed by atoms with Crippen LogP contribution in [-0.2, 0) is 4.79 Å². The van der Waals surface area contributed by atoms with Crippen molar-refractivity contribution in [1.82, 2.24) is 19.9 Å². The number of ether oxygens (including phenoxy) is 1. The number of anilines is 3. The number of H-pyrrole nitrogens is 1. The molecule has 0 aliphatic heterocycles. The molecule has 1 amide bonds. The lowest BCUT2D eigenvalue weighted by molar-refractivity contribution is -0.111. The van der Waals surface area contributed by atoms with E-state index in [9.17, 15) is 4.79 Å². The van der Waals surface area contributed by atoms with Crippen LogP contribution in [0.15, 0.2) is 67.5 Å². The van der Waals surface area contributed by atoms with E-state index < -0.39 is 0 Å². The Balaban J connectivity index is 1.68. The molecule has 188 valence electrons. The fourth-order valence-electron chi connectivity index (χ4n) is 3.90. The fourth-order valence-corrected chi connectivity index (χ4v) is 3.90. The van der Waals surface area contributed by atoms with Crippen LogP contribution in [0.25, 0.3) is 22.2 Å². The molecule has 0 bridgehead atoms. The van der Waals surface area contributed by atoms with Crippen molar-refractivity contribution in [1.29, 1.82) is 0 Å². The molecule has 8 nitrogen and oxygen atoms in total. The number of nitrogens with one attached hydrogen (secondary N) is 3. The number of carbonyl (C=O) groups excluding carboxylic acids is 1. The van der Waals surface area contributed by atoms with E-state index in [1.165, 1.54) is 6.08 Å². The predicted octanol–water partition coefficient (Wildman–Crippen LogP) is 5.19. The van der Waals surface area contributed by atoms with Gasteiger partial charge in [0.05, 0.1) is 36.3 Å². The van der Waals surface area contributed by atoms with Gasteiger partial charge in [0, 0.05) is 34.9 Å². The second-order valence-corrected chi connectivity index (χ2v) is 8.19. The molecule has 2 aromatic heterocycles. The average Bonchev–Trinajstić information content (AvgIpc) is 3.36. The van der Waals surface area contributed by atoms with Crippen LogP contribution in [0.2, 0.25) is 0 Å². The maximum absolute atomic E-state index is 12.2. The Hall–Kier alpha value is -4.61. The molecule has 4 rings (SSSR count). The molecular weight excluding hydrogens is 464 g/mol. The molecule has 0 saturated carbocycles. The van der Waals surface area contributed by atoms with Gasteiger partial charge in [-0.3, -0.25) is 9.69 Å². The third-order valence-corrected chi connectivity index (χ3v) is 5.97. The number of hydrogen-bond donors (Lipinski definition) is 3. The average molecular weight is 495 g/mol. The maximum Gasteiger partial charge on any atom is 0.247 e. The van der Waals surface area contributed by atoms with Gasteiger partial charge in [-0.1, -0.05) is 50.5 Å². The summed E-state index contributed by atoms with van der Waals surface area (Å²) in [6.45, 7) is 10.2. The predicted molar refractivity (Wildman–Crippen MR) is 149 cm³/mol. The van der Waals surface area contributed by atoms with Gasteiger partial charge in [0.2, 0.25) is 11.9 Å². The smallest absolute Gasteiger partial charge is 0.247 e. The highest BCUT2D eigenvalue weighted by atomic mass is 16.5. The second kappa shape index (κ2) is 11.9. The lowest BCUT2D eigenvalue weighted by Crippen LogP contribution is -2.22. The number of aromatic amines is 1. The number of methoxy groups -OCH3 is 1. The van der Waals surface area contributed by atoms with Gasteiger partial charge in [-0.15, -0.1) is 0 Å². The molecule has 0 unspecified atom stereocenters. The van der Waals surface area contributed by atoms with Crippen LogP contribution in [0.4, 0.5) is 17.3 Å². The van der Waals surface area contributed by atoms with E-state index in [0.29, 0.717) is 35.2 Å². The first-order valence-corrected chi connectivity index (χ1v) is 12.1. The standard InChI is InChI=1S/C29H30N6O2/c1-5-28(36)32-25-18-26(27(37-4)17-20(25)11-10-16-35(6-2)7-3)34-29-30-15-14-24(33-29)22-19-31-23-13-9-8-12-21(22)23/h5,8-9,12-15,17-19,31H,1,6-7,16H2,2-4H3,(H,32,36)(H,30,33,34). The molecule has 37 heavy (non-hydrogen) atoms. The summed E-state index contributed by atoms with van der Waals surface area (Å²) in [5.41, 5.74) is 4.55. The summed E-state index contributed by atoms with van der Waals surface area (Å²) >= 11 is 0. The van der Waals surface area contributed by atoms with Crippen molar-refractivity contribution in [3.63, 3.8) is 0 Å². The Morgan fingerprint density at radius 3 is 2.76 bits per heavy atom. The fraction of sp³-hybridized carbons (Fsp3) is 0.207. The number of aromatic nitrogens is 3. The van der Waals surface area contributed by atoms with Gasteiger partial charge in [-0.2, -0.15) is 0 Å². The van der Waals surface area contributed by atoms with Crippen molar-refractivity contribution in [2.24, 2.45) is 0 Å². The summed E-state index contributed by atoms with van der Waals surface area (Å²) in [5, 5.41) is 7.15. The highest BCUT2D eigenvalue weighted by Gasteiger charge is 2.14. The number of nitrogens with zero attached hydrogens (tertiary/aromatic N) is 3. The number of para-hydroxylation sites is 1. The zero-order valence-corrected chi connectivity index (χ0v) is 21.3. The SMILES string of the molecule is C=CC(=O)Nc1cc(Nc2nccc(-c3c[nH]c4ccccc34)n2)c(OC)cc1C#CCN(CC)CC. The van der Waals surface area contributed by atoms with Gasteiger partial charge in [-0.25, -0.2) is 9.97 Å². The highest BCUT2D eigenvalue weighted by Crippen LogP contribution is 2.34. The van der Waals surface area contributed by atoms with Gasteiger partial charge in [0.15, 0.2) is 0 Å². The van der Waals surface area contributed by atoms with Crippen LogP contribution in [0.5, 0.6) is 5.75 Å². The second-order valence-electron chi connectivity index (χ2n) is 8.19. The monoisotopic (exact) mass is 494 g/mol. The van der Waals surface area contributed by atoms with E-state index in [1.807, 2.05) is 36.5 Å². The summed E-state index contributed by atoms with van der Waals surface area (Å²) in [5.74, 6) is 6.96. The minimum Gasteiger partial charge on any atom is -0.495 e. The van der Waals surface area contributed by atoms with Gasteiger partial charge < -0.3 is 20.4 Å². The van der Waals surface area contributed by atoms with Crippen molar-refractivity contribution in [3.05, 3.63) is 73.1 Å². The van der Waals surface area contributed by atoms with Crippen LogP contribution in [0.1, 0.15) is 19.4 Å². The molecular formula is C29H30N6O2. The normalized spacial score (nSPS) is 10.6. The Morgan fingerprint density at radius 2 is 2.00 bits per heavy atom. The zero-order valence-electron chi connectivity index (χ0n) is 21.3. The summed E-state index contributed by atoms with van der Waals surface area (Å²) in [4.78, 5) is 26.7. The number of amides is 1. The molecule has 0 spiro atoms. The number of hydrogen-bond acceptors (Lipinski definition) is 6. The summed E-state index contributed by atoms with van der Waals surface area (Å²) in [7, 11) is 1.58. The van der Waals surface area contributed by atoms with E-state index in [2.05, 4.69) is 57.8 Å². The molecule has 0 saturated heterocycles. The quantitative estimate of drug-likeness (QED) is 0.219. The molecule has 2 heterocycles. The third kappa shape index (κ3) is 5.97. The first-order valence-electron chi connectivity index (χ1n) is 12.1. The lowest BCUT2D eigenvalue weighted by Gasteiger charge is -2.15. The van der Waals surface area contributed by atoms with Crippen LogP contribution in [-0.4, -0.2) is 52.5 Å². The van der Waals surface area contributed by atoms with Gasteiger partial charge in [-0.05, 0) is 37.4 Å². The van der Waals surface area contributed by atoms with Gasteiger partial charge in [0.1, 0.15) is 5.75 Å². The zero-order chi connectivity index (χ0) is 26.2. The molecule has 3 N–H and O–H groups in total. The highest BCUT2D eigenvalue weighted by molar-refractivity contribution is 6.00. The number of fused-ring (bicyclic) bond motifs is 1. The lowest BCUT2D eigenvalue weighted by atomic mass is 10.1. The van der Waals surface area contributed by atoms with Crippen LogP contribution in [0.3, 0.4) is 0 Å². The van der Waals surface area contributed by atoms with Crippen molar-refractivity contribution >= 4 is 34.1 Å². The van der Waals surface area contributed by atoms with Crippen molar-refractivity contribution < 1.29 is 9.53 Å². The van der Waals surface area contributed by atoms with Crippen molar-refractivity contribution in [2.75, 3.05) is 37.4 Å². The van der Waals surface area contributed by atoms with E-state index in [1.54, 1.807) is 25.4 Å². The molecule has 0 atom stereocenters. The Morgan fingerprint density at radius 1 is 1.19 bits per heavy atom. The van der Waals surface area contributed by atoms with Crippen LogP contribution in [0, 0.1) is 11.8 Å². The molecule has 2 aromatic carbocycles. The van der Waals surface area contributed by atoms with Gasteiger partial charge in [0.25, 0.3) is 0 Å². The van der Waals surface area contributed by atoms with Crippen molar-refractivity contribution in [3.8, 4) is 28.8 Å². The summed E-state index contributed by atoms with van der Waals surface area (Å²) < 4.78 is 5.64. The molecule has 4 aromatic rings. The van der Waals surface area contributed by atoms with Crippen LogP contribution >= 0.6 is 0 Å². The maximum atomic E-state index is 12.2. The molecule has 8 heteroatoms. The minimum absolute atomic E-state index is 0.333.